The summed E-state index contributed by atoms with van der Waals surface area (Å²) in [7, 11) is 0. The summed E-state index contributed by atoms with van der Waals surface area (Å²) in [5.74, 6) is -2.54. The van der Waals surface area contributed by atoms with E-state index < -0.39 is 23.7 Å². The molecule has 24 heavy (non-hydrogen) atoms. The normalized spacial score (nSPS) is 13.1. The van der Waals surface area contributed by atoms with Crippen molar-refractivity contribution in [3.05, 3.63) is 53.1 Å². The van der Waals surface area contributed by atoms with E-state index in [1.54, 1.807) is 0 Å². The Balaban J connectivity index is 2.00. The molecule has 1 aromatic carbocycles. The third kappa shape index (κ3) is 2.76. The van der Waals surface area contributed by atoms with Crippen molar-refractivity contribution in [2.75, 3.05) is 5.32 Å². The monoisotopic (exact) mass is 353 g/mol. The highest BCUT2D eigenvalue weighted by Gasteiger charge is 2.38. The van der Waals surface area contributed by atoms with Crippen molar-refractivity contribution >= 4 is 29.0 Å². The number of nitrogens with zero attached hydrogens (tertiary/aromatic N) is 2. The first-order chi connectivity index (χ1) is 11.3. The molecule has 1 aliphatic rings. The van der Waals surface area contributed by atoms with Crippen LogP contribution in [0.1, 0.15) is 21.9 Å². The molecule has 0 spiro atoms. The fourth-order valence-corrected chi connectivity index (χ4v) is 2.42. The largest absolute Gasteiger partial charge is 0.451 e. The van der Waals surface area contributed by atoms with Crippen molar-refractivity contribution in [2.45, 2.75) is 6.18 Å². The molecule has 0 unspecified atom stereocenters. The van der Waals surface area contributed by atoms with Gasteiger partial charge in [0.05, 0.1) is 0 Å². The smallest absolute Gasteiger partial charge is 0.322 e. The van der Waals surface area contributed by atoms with Gasteiger partial charge in [-0.2, -0.15) is 13.2 Å². The summed E-state index contributed by atoms with van der Waals surface area (Å²) in [6.45, 7) is 0. The molecule has 0 saturated heterocycles. The summed E-state index contributed by atoms with van der Waals surface area (Å²) in [6.07, 6.45) is -2.69. The van der Waals surface area contributed by atoms with Crippen LogP contribution in [0, 0.1) is 0 Å². The lowest BCUT2D eigenvalue weighted by atomic mass is 10.1. The van der Waals surface area contributed by atoms with Crippen LogP contribution in [0.2, 0.25) is 0 Å². The Hall–Kier alpha value is -2.74. The Labute approximate surface area is 138 Å². The van der Waals surface area contributed by atoms with E-state index >= 15 is 0 Å². The number of carbonyl (C=O) groups is 2. The average Bonchev–Trinajstić information content (AvgIpc) is 2.79. The lowest BCUT2D eigenvalue weighted by Gasteiger charge is -2.06. The van der Waals surface area contributed by atoms with Crippen LogP contribution in [-0.2, 0) is 11.0 Å². The van der Waals surface area contributed by atoms with Gasteiger partial charge in [0.1, 0.15) is 5.69 Å². The molecule has 3 rings (SSSR count). The van der Waals surface area contributed by atoms with Gasteiger partial charge in [0, 0.05) is 34.6 Å². The number of rotatable bonds is 2. The maximum absolute atomic E-state index is 12.7. The lowest BCUT2D eigenvalue weighted by molar-refractivity contribution is -0.145. The van der Waals surface area contributed by atoms with Crippen molar-refractivity contribution in [3.63, 3.8) is 0 Å². The Kier molecular flexibility index (Phi) is 3.84. The van der Waals surface area contributed by atoms with E-state index in [4.69, 9.17) is 11.6 Å². The fourth-order valence-electron chi connectivity index (χ4n) is 2.30. The number of nitrogens with one attached hydrogen (secondary N) is 1. The minimum atomic E-state index is -4.74. The van der Waals surface area contributed by atoms with Gasteiger partial charge in [-0.1, -0.05) is 17.7 Å². The predicted octanol–water partition coefficient (Wildman–Crippen LogP) is 3.40. The number of halogens is 4. The van der Waals surface area contributed by atoms with Crippen molar-refractivity contribution in [1.29, 1.82) is 0 Å². The summed E-state index contributed by atoms with van der Waals surface area (Å²) < 4.78 is 38.1. The van der Waals surface area contributed by atoms with Crippen molar-refractivity contribution in [1.82, 2.24) is 9.97 Å². The molecule has 0 fully saturated rings. The summed E-state index contributed by atoms with van der Waals surface area (Å²) >= 11 is 5.29. The van der Waals surface area contributed by atoms with Crippen molar-refractivity contribution in [2.24, 2.45) is 0 Å². The second kappa shape index (κ2) is 5.72. The number of benzene rings is 1. The quantitative estimate of drug-likeness (QED) is 0.717. The van der Waals surface area contributed by atoms with Crippen LogP contribution in [0.4, 0.5) is 18.9 Å². The number of fused-ring (bicyclic) bond motifs is 3. The summed E-state index contributed by atoms with van der Waals surface area (Å²) in [5.41, 5.74) is 1.80. The number of alkyl halides is 3. The van der Waals surface area contributed by atoms with E-state index in [9.17, 15) is 22.8 Å². The van der Waals surface area contributed by atoms with Crippen LogP contribution in [0.3, 0.4) is 0 Å². The van der Waals surface area contributed by atoms with Gasteiger partial charge >= 0.3 is 6.18 Å². The molecular weight excluding hydrogens is 347 g/mol. The second-order valence-corrected chi connectivity index (χ2v) is 5.08. The Morgan fingerprint density at radius 3 is 2.62 bits per heavy atom. The molecule has 2 aromatic rings. The number of amides is 1. The predicted molar refractivity (Wildman–Crippen MR) is 79.5 cm³/mol. The highest BCUT2D eigenvalue weighted by Crippen LogP contribution is 2.38. The van der Waals surface area contributed by atoms with Crippen LogP contribution in [0.25, 0.3) is 11.1 Å². The van der Waals surface area contributed by atoms with Gasteiger partial charge < -0.3 is 5.32 Å². The van der Waals surface area contributed by atoms with Crippen molar-refractivity contribution in [3.8, 4) is 11.1 Å². The van der Waals surface area contributed by atoms with Gasteiger partial charge in [0.2, 0.25) is 17.5 Å². The molecule has 1 N–H and O–H groups in total. The minimum Gasteiger partial charge on any atom is -0.322 e. The molecule has 1 heterocycles. The van der Waals surface area contributed by atoms with Crippen LogP contribution in [0.15, 0.2) is 36.0 Å². The van der Waals surface area contributed by atoms with Crippen LogP contribution < -0.4 is 5.32 Å². The van der Waals surface area contributed by atoms with Crippen molar-refractivity contribution < 1.29 is 22.8 Å². The molecule has 0 saturated carbocycles. The Bertz CT molecular complexity index is 894. The minimum absolute atomic E-state index is 0.145. The van der Waals surface area contributed by atoms with E-state index in [-0.39, 0.29) is 16.8 Å². The molecule has 0 bridgehead atoms. The van der Waals surface area contributed by atoms with Gasteiger partial charge in [-0.25, -0.2) is 9.97 Å². The Morgan fingerprint density at radius 1 is 1.21 bits per heavy atom. The molecule has 0 radical (unpaired) electrons. The lowest BCUT2D eigenvalue weighted by Crippen LogP contribution is -2.13. The molecule has 1 aromatic heterocycles. The van der Waals surface area contributed by atoms with Gasteiger partial charge in [-0.15, -0.1) is 0 Å². The zero-order valence-electron chi connectivity index (χ0n) is 11.7. The molecule has 0 atom stereocenters. The van der Waals surface area contributed by atoms with Gasteiger partial charge in [0.15, 0.2) is 0 Å². The molecule has 5 nitrogen and oxygen atoms in total. The molecule has 122 valence electrons. The number of hydrogen-bond donors (Lipinski definition) is 1. The maximum Gasteiger partial charge on any atom is 0.451 e. The van der Waals surface area contributed by atoms with Gasteiger partial charge in [-0.05, 0) is 17.7 Å². The van der Waals surface area contributed by atoms with Crippen LogP contribution in [0.5, 0.6) is 0 Å². The fraction of sp³-hybridized carbons (Fsp3) is 0.0667. The highest BCUT2D eigenvalue weighted by atomic mass is 35.5. The average molecular weight is 354 g/mol. The number of aromatic nitrogens is 2. The van der Waals surface area contributed by atoms with E-state index in [0.29, 0.717) is 11.3 Å². The van der Waals surface area contributed by atoms with E-state index in [0.717, 1.165) is 17.8 Å². The van der Waals surface area contributed by atoms with Crippen LogP contribution >= 0.6 is 11.6 Å². The van der Waals surface area contributed by atoms with E-state index in [1.807, 2.05) is 0 Å². The standard InChI is InChI=1S/C15H7ClF3N3O2/c16-4-3-11(23)21-7-1-2-8-9(5-7)13(24)12-10(8)6-20-14(22-12)15(17,18)19/h1-6H,(H,21,23)/b4-3-. The number of hydrogen-bond acceptors (Lipinski definition) is 4. The van der Waals surface area contributed by atoms with Gasteiger partial charge in [0.25, 0.3) is 0 Å². The molecular formula is C15H7ClF3N3O2. The topological polar surface area (TPSA) is 72.0 Å². The molecule has 0 aliphatic heterocycles. The summed E-state index contributed by atoms with van der Waals surface area (Å²) in [4.78, 5) is 30.4. The zero-order chi connectivity index (χ0) is 17.5. The van der Waals surface area contributed by atoms with Crippen LogP contribution in [-0.4, -0.2) is 21.7 Å². The molecule has 9 heteroatoms. The number of ketones is 1. The third-order valence-corrected chi connectivity index (χ3v) is 3.42. The first kappa shape index (κ1) is 16.1. The Morgan fingerprint density at radius 2 is 1.96 bits per heavy atom. The first-order valence-electron chi connectivity index (χ1n) is 6.52. The molecule has 1 amide bonds. The maximum atomic E-state index is 12.7. The SMILES string of the molecule is O=C(/C=C\Cl)Nc1ccc2c(c1)C(=O)c1nc(C(F)(F)F)ncc1-2. The number of carbonyl (C=O) groups excluding carboxylic acids is 2. The summed E-state index contributed by atoms with van der Waals surface area (Å²) in [5, 5.41) is 2.48. The number of anilines is 1. The zero-order valence-corrected chi connectivity index (χ0v) is 12.4. The van der Waals surface area contributed by atoms with Gasteiger partial charge in [-0.3, -0.25) is 9.59 Å². The second-order valence-electron chi connectivity index (χ2n) is 4.83. The summed E-state index contributed by atoms with van der Waals surface area (Å²) in [6, 6.07) is 4.39. The third-order valence-electron chi connectivity index (χ3n) is 3.29. The highest BCUT2D eigenvalue weighted by molar-refractivity contribution is 6.27. The van der Waals surface area contributed by atoms with E-state index in [2.05, 4.69) is 15.3 Å². The first-order valence-corrected chi connectivity index (χ1v) is 6.96. The molecule has 1 aliphatic carbocycles. The van der Waals surface area contributed by atoms with E-state index in [1.165, 1.54) is 18.2 Å².